The van der Waals surface area contributed by atoms with Gasteiger partial charge in [0.1, 0.15) is 0 Å². The molecule has 0 saturated heterocycles. The van der Waals surface area contributed by atoms with Crippen LogP contribution in [0.1, 0.15) is 40.0 Å². The summed E-state index contributed by atoms with van der Waals surface area (Å²) in [6.45, 7) is 7.71. The number of rotatable bonds is 6. The Kier molecular flexibility index (Phi) is 3.55. The van der Waals surface area contributed by atoms with Crippen LogP contribution in [-0.2, 0) is 0 Å². The second-order valence-corrected chi connectivity index (χ2v) is 5.51. The molecule has 0 unspecified atom stereocenters. The van der Waals surface area contributed by atoms with Crippen LogP contribution in [0.15, 0.2) is 18.5 Å². The van der Waals surface area contributed by atoms with Crippen molar-refractivity contribution in [3.05, 3.63) is 18.5 Å². The van der Waals surface area contributed by atoms with Gasteiger partial charge in [-0.15, -0.1) is 0 Å². The third-order valence-electron chi connectivity index (χ3n) is 3.38. The Labute approximate surface area is 104 Å². The molecule has 0 spiro atoms. The topological polar surface area (TPSA) is 37.0 Å². The second-order valence-electron chi connectivity index (χ2n) is 5.51. The smallest absolute Gasteiger partial charge is 0.0551 e. The van der Waals surface area contributed by atoms with Crippen molar-refractivity contribution >= 4 is 11.4 Å². The third-order valence-corrected chi connectivity index (χ3v) is 3.38. The Morgan fingerprint density at radius 2 is 2.00 bits per heavy atom. The van der Waals surface area contributed by atoms with Gasteiger partial charge < -0.3 is 10.6 Å². The first-order valence-corrected chi connectivity index (χ1v) is 6.59. The highest BCUT2D eigenvalue weighted by atomic mass is 15.0. The van der Waals surface area contributed by atoms with E-state index in [2.05, 4.69) is 42.5 Å². The van der Waals surface area contributed by atoms with Crippen molar-refractivity contribution < 1.29 is 0 Å². The molecule has 0 aliphatic heterocycles. The molecule has 3 heteroatoms. The lowest BCUT2D eigenvalue weighted by molar-refractivity contribution is 0.494. The van der Waals surface area contributed by atoms with Gasteiger partial charge in [-0.2, -0.15) is 0 Å². The first kappa shape index (κ1) is 12.2. The predicted molar refractivity (Wildman–Crippen MR) is 73.4 cm³/mol. The van der Waals surface area contributed by atoms with Gasteiger partial charge >= 0.3 is 0 Å². The molecule has 2 N–H and O–H groups in total. The highest BCUT2D eigenvalue weighted by Gasteiger charge is 2.37. The van der Waals surface area contributed by atoms with Gasteiger partial charge in [-0.3, -0.25) is 4.98 Å². The van der Waals surface area contributed by atoms with Crippen molar-refractivity contribution in [3.8, 4) is 0 Å². The van der Waals surface area contributed by atoms with Gasteiger partial charge in [0.05, 0.1) is 23.8 Å². The Morgan fingerprint density at radius 1 is 1.29 bits per heavy atom. The Hall–Kier alpha value is -1.25. The van der Waals surface area contributed by atoms with E-state index in [1.807, 2.05) is 12.4 Å². The Morgan fingerprint density at radius 3 is 2.65 bits per heavy atom. The van der Waals surface area contributed by atoms with E-state index in [1.54, 1.807) is 0 Å². The minimum absolute atomic E-state index is 0.186. The summed E-state index contributed by atoms with van der Waals surface area (Å²) < 4.78 is 0. The monoisotopic (exact) mass is 233 g/mol. The summed E-state index contributed by atoms with van der Waals surface area (Å²) in [6, 6.07) is 2.15. The van der Waals surface area contributed by atoms with Gasteiger partial charge in [0, 0.05) is 12.1 Å². The molecule has 1 fully saturated rings. The largest absolute Gasteiger partial charge is 0.384 e. The van der Waals surface area contributed by atoms with Crippen LogP contribution in [0.2, 0.25) is 0 Å². The van der Waals surface area contributed by atoms with Crippen LogP contribution in [-0.4, -0.2) is 17.1 Å². The fraction of sp³-hybridized carbons (Fsp3) is 0.643. The summed E-state index contributed by atoms with van der Waals surface area (Å²) in [4.78, 5) is 4.28. The van der Waals surface area contributed by atoms with Crippen LogP contribution in [0.25, 0.3) is 0 Å². The number of pyridine rings is 1. The van der Waals surface area contributed by atoms with Gasteiger partial charge in [0.25, 0.3) is 0 Å². The second kappa shape index (κ2) is 4.94. The Bertz CT molecular complexity index is 369. The molecular weight excluding hydrogens is 210 g/mol. The lowest BCUT2D eigenvalue weighted by Crippen LogP contribution is -2.33. The van der Waals surface area contributed by atoms with E-state index in [4.69, 9.17) is 0 Å². The van der Waals surface area contributed by atoms with Crippen LogP contribution >= 0.6 is 0 Å². The minimum atomic E-state index is 0.186. The third kappa shape index (κ3) is 3.35. The molecule has 1 aliphatic carbocycles. The maximum Gasteiger partial charge on any atom is 0.0551 e. The molecule has 0 radical (unpaired) electrons. The summed E-state index contributed by atoms with van der Waals surface area (Å²) in [6.07, 6.45) is 7.61. The summed E-state index contributed by atoms with van der Waals surface area (Å²) in [5.41, 5.74) is 2.40. The molecule has 0 bridgehead atoms. The van der Waals surface area contributed by atoms with Crippen LogP contribution < -0.4 is 10.6 Å². The lowest BCUT2D eigenvalue weighted by atomic mass is 9.98. The van der Waals surface area contributed by atoms with E-state index >= 15 is 0 Å². The molecule has 2 rings (SSSR count). The van der Waals surface area contributed by atoms with Crippen LogP contribution in [0.5, 0.6) is 0 Å². The maximum absolute atomic E-state index is 4.28. The minimum Gasteiger partial charge on any atom is -0.384 e. The van der Waals surface area contributed by atoms with Crippen molar-refractivity contribution in [2.24, 2.45) is 5.92 Å². The van der Waals surface area contributed by atoms with Crippen molar-refractivity contribution in [3.63, 3.8) is 0 Å². The molecule has 1 aromatic heterocycles. The molecule has 1 aromatic rings. The number of anilines is 2. The summed E-state index contributed by atoms with van der Waals surface area (Å²) >= 11 is 0. The van der Waals surface area contributed by atoms with E-state index in [0.29, 0.717) is 0 Å². The molecule has 0 amide bonds. The molecule has 0 atom stereocenters. The zero-order chi connectivity index (χ0) is 12.3. The zero-order valence-corrected chi connectivity index (χ0v) is 11.1. The molecule has 94 valence electrons. The quantitative estimate of drug-likeness (QED) is 0.789. The summed E-state index contributed by atoms with van der Waals surface area (Å²) in [5.74, 6) is 0.815. The van der Waals surface area contributed by atoms with Crippen LogP contribution in [0.4, 0.5) is 11.4 Å². The van der Waals surface area contributed by atoms with Crippen LogP contribution in [0.3, 0.4) is 0 Å². The number of nitrogens with one attached hydrogen (secondary N) is 2. The predicted octanol–water partition coefficient (Wildman–Crippen LogP) is 3.50. The van der Waals surface area contributed by atoms with Gasteiger partial charge in [-0.1, -0.05) is 6.92 Å². The van der Waals surface area contributed by atoms with Crippen molar-refractivity contribution in [2.75, 3.05) is 17.2 Å². The van der Waals surface area contributed by atoms with E-state index in [-0.39, 0.29) is 5.54 Å². The normalized spacial score (nSPS) is 15.7. The van der Waals surface area contributed by atoms with Crippen LogP contribution in [0, 0.1) is 5.92 Å². The number of hydrogen-bond acceptors (Lipinski definition) is 3. The maximum atomic E-state index is 4.28. The highest BCUT2D eigenvalue weighted by Crippen LogP contribution is 2.41. The van der Waals surface area contributed by atoms with Crippen molar-refractivity contribution in [2.45, 2.75) is 45.6 Å². The Balaban J connectivity index is 2.00. The molecule has 17 heavy (non-hydrogen) atoms. The van der Waals surface area contributed by atoms with Gasteiger partial charge in [0.2, 0.25) is 0 Å². The molecule has 1 heterocycles. The lowest BCUT2D eigenvalue weighted by Gasteiger charge is -2.27. The fourth-order valence-electron chi connectivity index (χ4n) is 2.15. The molecule has 0 aromatic carbocycles. The van der Waals surface area contributed by atoms with Crippen molar-refractivity contribution in [1.29, 1.82) is 0 Å². The van der Waals surface area contributed by atoms with Gasteiger partial charge in [-0.05, 0) is 45.1 Å². The summed E-state index contributed by atoms with van der Waals surface area (Å²) in [7, 11) is 0. The average Bonchev–Trinajstić information content (AvgIpc) is 3.10. The van der Waals surface area contributed by atoms with Gasteiger partial charge in [0.15, 0.2) is 0 Å². The number of aromatic nitrogens is 1. The number of nitrogens with zero attached hydrogens (tertiary/aromatic N) is 1. The fourth-order valence-corrected chi connectivity index (χ4v) is 2.15. The average molecular weight is 233 g/mol. The van der Waals surface area contributed by atoms with Crippen molar-refractivity contribution in [1.82, 2.24) is 4.98 Å². The standard InChI is InChI=1S/C14H23N3/c1-4-7-16-12-8-13(10-15-9-12)17-14(2,3)11-5-6-11/h8-11,16-17H,4-7H2,1-3H3. The molecule has 1 saturated carbocycles. The van der Waals surface area contributed by atoms with E-state index in [9.17, 15) is 0 Å². The zero-order valence-electron chi connectivity index (χ0n) is 11.1. The highest BCUT2D eigenvalue weighted by molar-refractivity contribution is 5.55. The molecule has 1 aliphatic rings. The number of hydrogen-bond donors (Lipinski definition) is 2. The van der Waals surface area contributed by atoms with E-state index < -0.39 is 0 Å². The molecule has 3 nitrogen and oxygen atoms in total. The first-order chi connectivity index (χ1) is 8.12. The molecular formula is C14H23N3. The SMILES string of the molecule is CCCNc1cncc(NC(C)(C)C2CC2)c1. The first-order valence-electron chi connectivity index (χ1n) is 6.59. The van der Waals surface area contributed by atoms with E-state index in [1.165, 1.54) is 12.8 Å². The van der Waals surface area contributed by atoms with Gasteiger partial charge in [-0.25, -0.2) is 0 Å². The summed E-state index contributed by atoms with van der Waals surface area (Å²) in [5, 5.41) is 6.96. The van der Waals surface area contributed by atoms with E-state index in [0.717, 1.165) is 30.3 Å².